The molecule has 1 saturated carbocycles. The normalized spacial score (nSPS) is 12.9. The molecule has 0 bridgehead atoms. The van der Waals surface area contributed by atoms with Crippen molar-refractivity contribution in [3.8, 4) is 0 Å². The molecule has 1 fully saturated rings. The SMILES string of the molecule is C=CCNC(=O)c1ccc(NC(=O)N(Cc2cccc(C)c2)C2CC2)cc1. The van der Waals surface area contributed by atoms with Crippen molar-refractivity contribution in [3.63, 3.8) is 0 Å². The van der Waals surface area contributed by atoms with Crippen LogP contribution in [0.15, 0.2) is 61.2 Å². The molecule has 3 amide bonds. The Bertz CT molecular complexity index is 826. The van der Waals surface area contributed by atoms with Crippen molar-refractivity contribution in [2.24, 2.45) is 0 Å². The first-order valence-electron chi connectivity index (χ1n) is 9.19. The highest BCUT2D eigenvalue weighted by molar-refractivity contribution is 5.95. The van der Waals surface area contributed by atoms with E-state index in [0.29, 0.717) is 30.4 Å². The van der Waals surface area contributed by atoms with E-state index in [9.17, 15) is 9.59 Å². The van der Waals surface area contributed by atoms with E-state index in [1.165, 1.54) is 5.56 Å². The maximum Gasteiger partial charge on any atom is 0.322 e. The number of urea groups is 1. The number of nitrogens with one attached hydrogen (secondary N) is 2. The van der Waals surface area contributed by atoms with Gasteiger partial charge < -0.3 is 15.5 Å². The number of carbonyl (C=O) groups excluding carboxylic acids is 2. The summed E-state index contributed by atoms with van der Waals surface area (Å²) in [5.41, 5.74) is 3.55. The molecular weight excluding hydrogens is 338 g/mol. The third-order valence-corrected chi connectivity index (χ3v) is 4.49. The lowest BCUT2D eigenvalue weighted by Gasteiger charge is -2.23. The van der Waals surface area contributed by atoms with Gasteiger partial charge in [0.1, 0.15) is 0 Å². The van der Waals surface area contributed by atoms with Crippen LogP contribution < -0.4 is 10.6 Å². The number of nitrogens with zero attached hydrogens (tertiary/aromatic N) is 1. The summed E-state index contributed by atoms with van der Waals surface area (Å²) in [7, 11) is 0. The molecule has 2 N–H and O–H groups in total. The molecule has 5 nitrogen and oxygen atoms in total. The number of anilines is 1. The Morgan fingerprint density at radius 3 is 2.56 bits per heavy atom. The summed E-state index contributed by atoms with van der Waals surface area (Å²) in [6, 6.07) is 15.3. The molecule has 1 aliphatic rings. The molecule has 0 saturated heterocycles. The molecule has 0 spiro atoms. The van der Waals surface area contributed by atoms with Gasteiger partial charge in [0.25, 0.3) is 5.91 Å². The number of hydrogen-bond acceptors (Lipinski definition) is 2. The van der Waals surface area contributed by atoms with E-state index in [1.807, 2.05) is 17.0 Å². The Kier molecular flexibility index (Phi) is 5.91. The van der Waals surface area contributed by atoms with E-state index in [-0.39, 0.29) is 11.9 Å². The lowest BCUT2D eigenvalue weighted by Crippen LogP contribution is -2.36. The van der Waals surface area contributed by atoms with Gasteiger partial charge in [-0.2, -0.15) is 0 Å². The van der Waals surface area contributed by atoms with E-state index in [1.54, 1.807) is 30.3 Å². The van der Waals surface area contributed by atoms with Crippen molar-refractivity contribution < 1.29 is 9.59 Å². The van der Waals surface area contributed by atoms with Crippen LogP contribution in [0.5, 0.6) is 0 Å². The number of carbonyl (C=O) groups is 2. The van der Waals surface area contributed by atoms with E-state index < -0.39 is 0 Å². The van der Waals surface area contributed by atoms with Crippen LogP contribution in [0, 0.1) is 6.92 Å². The molecule has 0 atom stereocenters. The molecule has 3 rings (SSSR count). The summed E-state index contributed by atoms with van der Waals surface area (Å²) in [6.45, 7) is 6.65. The van der Waals surface area contributed by atoms with Crippen molar-refractivity contribution in [2.45, 2.75) is 32.4 Å². The molecule has 0 aromatic heterocycles. The fraction of sp³-hybridized carbons (Fsp3) is 0.273. The lowest BCUT2D eigenvalue weighted by atomic mass is 10.1. The van der Waals surface area contributed by atoms with Crippen LogP contribution in [0.2, 0.25) is 0 Å². The highest BCUT2D eigenvalue weighted by atomic mass is 16.2. The molecule has 27 heavy (non-hydrogen) atoms. The second-order valence-corrected chi connectivity index (χ2v) is 6.85. The number of hydrogen-bond donors (Lipinski definition) is 2. The van der Waals surface area contributed by atoms with Crippen LogP contribution in [-0.2, 0) is 6.54 Å². The first kappa shape index (κ1) is 18.7. The monoisotopic (exact) mass is 363 g/mol. The van der Waals surface area contributed by atoms with Crippen molar-refractivity contribution in [2.75, 3.05) is 11.9 Å². The molecule has 0 radical (unpaired) electrons. The Hall–Kier alpha value is -3.08. The third-order valence-electron chi connectivity index (χ3n) is 4.49. The van der Waals surface area contributed by atoms with Crippen LogP contribution in [0.1, 0.15) is 34.3 Å². The van der Waals surface area contributed by atoms with Crippen molar-refractivity contribution in [1.82, 2.24) is 10.2 Å². The Labute approximate surface area is 160 Å². The van der Waals surface area contributed by atoms with Crippen LogP contribution in [-0.4, -0.2) is 29.4 Å². The Morgan fingerprint density at radius 1 is 1.19 bits per heavy atom. The van der Waals surface area contributed by atoms with Gasteiger partial charge in [-0.25, -0.2) is 4.79 Å². The second-order valence-electron chi connectivity index (χ2n) is 6.85. The van der Waals surface area contributed by atoms with E-state index in [4.69, 9.17) is 0 Å². The predicted molar refractivity (Wildman–Crippen MR) is 108 cm³/mol. The predicted octanol–water partition coefficient (Wildman–Crippen LogP) is 4.11. The van der Waals surface area contributed by atoms with E-state index in [0.717, 1.165) is 18.4 Å². The fourth-order valence-electron chi connectivity index (χ4n) is 2.93. The molecular formula is C22H25N3O2. The zero-order chi connectivity index (χ0) is 19.2. The molecule has 2 aromatic rings. The summed E-state index contributed by atoms with van der Waals surface area (Å²) >= 11 is 0. The maximum atomic E-state index is 12.8. The first-order chi connectivity index (χ1) is 13.1. The first-order valence-corrected chi connectivity index (χ1v) is 9.19. The topological polar surface area (TPSA) is 61.4 Å². The second kappa shape index (κ2) is 8.54. The quantitative estimate of drug-likeness (QED) is 0.727. The number of amides is 3. The number of aryl methyl sites for hydroxylation is 1. The average Bonchev–Trinajstić information content (AvgIpc) is 3.50. The van der Waals surface area contributed by atoms with E-state index in [2.05, 4.69) is 36.3 Å². The summed E-state index contributed by atoms with van der Waals surface area (Å²) in [6.07, 6.45) is 3.72. The van der Waals surface area contributed by atoms with Gasteiger partial charge in [0.2, 0.25) is 0 Å². The van der Waals surface area contributed by atoms with Crippen molar-refractivity contribution >= 4 is 17.6 Å². The van der Waals surface area contributed by atoms with Gasteiger partial charge >= 0.3 is 6.03 Å². The minimum absolute atomic E-state index is 0.108. The fourth-order valence-corrected chi connectivity index (χ4v) is 2.93. The highest BCUT2D eigenvalue weighted by Crippen LogP contribution is 2.29. The van der Waals surface area contributed by atoms with Gasteiger partial charge in [-0.15, -0.1) is 6.58 Å². The standard InChI is InChI=1S/C22H25N3O2/c1-3-13-23-21(26)18-7-9-19(10-8-18)24-22(27)25(20-11-12-20)15-17-6-4-5-16(2)14-17/h3-10,14,20H,1,11-13,15H2,2H3,(H,23,26)(H,24,27). The largest absolute Gasteiger partial charge is 0.349 e. The molecule has 140 valence electrons. The van der Waals surface area contributed by atoms with E-state index >= 15 is 0 Å². The molecule has 0 heterocycles. The zero-order valence-corrected chi connectivity index (χ0v) is 15.6. The van der Waals surface area contributed by atoms with Gasteiger partial charge in [0.15, 0.2) is 0 Å². The summed E-state index contributed by atoms with van der Waals surface area (Å²) < 4.78 is 0. The molecule has 1 aliphatic carbocycles. The van der Waals surface area contributed by atoms with Crippen LogP contribution in [0.3, 0.4) is 0 Å². The third kappa shape index (κ3) is 5.20. The number of rotatable bonds is 7. The lowest BCUT2D eigenvalue weighted by molar-refractivity contribution is 0.0958. The smallest absolute Gasteiger partial charge is 0.322 e. The molecule has 0 unspecified atom stereocenters. The summed E-state index contributed by atoms with van der Waals surface area (Å²) in [4.78, 5) is 26.6. The Balaban J connectivity index is 1.63. The molecule has 2 aromatic carbocycles. The molecule has 5 heteroatoms. The molecule has 0 aliphatic heterocycles. The minimum atomic E-state index is -0.160. The Morgan fingerprint density at radius 2 is 1.93 bits per heavy atom. The average molecular weight is 363 g/mol. The van der Waals surface area contributed by atoms with Gasteiger partial charge in [0, 0.05) is 30.4 Å². The van der Waals surface area contributed by atoms with Crippen molar-refractivity contribution in [3.05, 3.63) is 77.9 Å². The maximum absolute atomic E-state index is 12.8. The number of benzene rings is 2. The zero-order valence-electron chi connectivity index (χ0n) is 15.6. The van der Waals surface area contributed by atoms with Gasteiger partial charge in [-0.3, -0.25) is 4.79 Å². The van der Waals surface area contributed by atoms with Crippen molar-refractivity contribution in [1.29, 1.82) is 0 Å². The van der Waals surface area contributed by atoms with Crippen LogP contribution in [0.25, 0.3) is 0 Å². The van der Waals surface area contributed by atoms with Crippen LogP contribution >= 0.6 is 0 Å². The van der Waals surface area contributed by atoms with Gasteiger partial charge in [-0.05, 0) is 49.6 Å². The van der Waals surface area contributed by atoms with Crippen LogP contribution in [0.4, 0.5) is 10.5 Å². The summed E-state index contributed by atoms with van der Waals surface area (Å²) in [5.74, 6) is -0.160. The highest BCUT2D eigenvalue weighted by Gasteiger charge is 2.32. The van der Waals surface area contributed by atoms with Gasteiger partial charge in [-0.1, -0.05) is 35.9 Å². The summed E-state index contributed by atoms with van der Waals surface area (Å²) in [5, 5.41) is 5.68. The van der Waals surface area contributed by atoms with Gasteiger partial charge in [0.05, 0.1) is 0 Å². The minimum Gasteiger partial charge on any atom is -0.349 e.